The van der Waals surface area contributed by atoms with Crippen molar-refractivity contribution < 1.29 is 9.59 Å². The minimum absolute atomic E-state index is 0.112. The first-order valence-electron chi connectivity index (χ1n) is 7.70. The van der Waals surface area contributed by atoms with E-state index in [1.54, 1.807) is 36.0 Å². The van der Waals surface area contributed by atoms with E-state index in [1.807, 2.05) is 25.1 Å². The number of aliphatic imine (C=N–C) groups is 1. The summed E-state index contributed by atoms with van der Waals surface area (Å²) in [4.78, 5) is 28.0. The molecule has 128 valence electrons. The first-order chi connectivity index (χ1) is 12.0. The van der Waals surface area contributed by atoms with Gasteiger partial charge in [0.15, 0.2) is 0 Å². The third-order valence-corrected chi connectivity index (χ3v) is 5.93. The van der Waals surface area contributed by atoms with Gasteiger partial charge >= 0.3 is 0 Å². The molecule has 0 fully saturated rings. The van der Waals surface area contributed by atoms with Gasteiger partial charge in [-0.2, -0.15) is 0 Å². The summed E-state index contributed by atoms with van der Waals surface area (Å²) in [5, 5.41) is 2.56. The van der Waals surface area contributed by atoms with Crippen molar-refractivity contribution in [3.05, 3.63) is 59.7 Å². The number of nitrogens with one attached hydrogen (secondary N) is 1. The van der Waals surface area contributed by atoms with Gasteiger partial charge in [0, 0.05) is 17.0 Å². The molecule has 2 amide bonds. The van der Waals surface area contributed by atoms with Crippen LogP contribution in [-0.2, 0) is 10.5 Å². The number of rotatable bonds is 4. The molecule has 0 saturated carbocycles. The highest BCUT2D eigenvalue weighted by Gasteiger charge is 2.20. The second kappa shape index (κ2) is 7.76. The Morgan fingerprint density at radius 1 is 1.20 bits per heavy atom. The van der Waals surface area contributed by atoms with Crippen LogP contribution in [0.2, 0.25) is 0 Å². The molecular weight excluding hydrogens is 354 g/mol. The molecule has 0 spiro atoms. The number of nitrogens with zero attached hydrogens (tertiary/aromatic N) is 1. The average molecular weight is 371 g/mol. The maximum atomic E-state index is 12.4. The van der Waals surface area contributed by atoms with Crippen LogP contribution < -0.4 is 11.1 Å². The van der Waals surface area contributed by atoms with Gasteiger partial charge in [-0.25, -0.2) is 4.99 Å². The van der Waals surface area contributed by atoms with E-state index in [1.165, 1.54) is 17.3 Å². The SMILES string of the molecule is C[C@@H](SC1=Nc2ccccc2CS1)C(=O)Nc1ccc(C(N)=O)cc1. The maximum Gasteiger partial charge on any atom is 0.248 e. The summed E-state index contributed by atoms with van der Waals surface area (Å²) in [7, 11) is 0. The molecule has 1 atom stereocenters. The number of hydrogen-bond donors (Lipinski definition) is 2. The third kappa shape index (κ3) is 4.43. The lowest BCUT2D eigenvalue weighted by atomic mass is 10.2. The summed E-state index contributed by atoms with van der Waals surface area (Å²) in [5.41, 5.74) is 8.43. The van der Waals surface area contributed by atoms with Gasteiger partial charge in [-0.15, -0.1) is 0 Å². The normalized spacial score (nSPS) is 14.2. The van der Waals surface area contributed by atoms with Crippen molar-refractivity contribution in [1.82, 2.24) is 0 Å². The van der Waals surface area contributed by atoms with E-state index in [2.05, 4.69) is 16.4 Å². The molecule has 25 heavy (non-hydrogen) atoms. The molecule has 0 bridgehead atoms. The Kier molecular flexibility index (Phi) is 5.45. The number of thioether (sulfide) groups is 2. The van der Waals surface area contributed by atoms with Crippen LogP contribution in [-0.4, -0.2) is 21.4 Å². The highest BCUT2D eigenvalue weighted by atomic mass is 32.2. The standard InChI is InChI=1S/C18H17N3O2S2/c1-11(17(23)20-14-8-6-12(7-9-14)16(19)22)25-18-21-15-5-3-2-4-13(15)10-24-18/h2-9,11H,10H2,1H3,(H2,19,22)(H,20,23)/t11-/m1/s1. The second-order valence-electron chi connectivity index (χ2n) is 5.49. The first-order valence-corrected chi connectivity index (χ1v) is 9.56. The number of carbonyl (C=O) groups is 2. The van der Waals surface area contributed by atoms with Gasteiger partial charge in [0.05, 0.1) is 10.9 Å². The van der Waals surface area contributed by atoms with Crippen LogP contribution >= 0.6 is 23.5 Å². The lowest BCUT2D eigenvalue weighted by molar-refractivity contribution is -0.115. The number of primary amides is 1. The van der Waals surface area contributed by atoms with E-state index >= 15 is 0 Å². The second-order valence-corrected chi connectivity index (χ2v) is 8.04. The Morgan fingerprint density at radius 2 is 1.92 bits per heavy atom. The van der Waals surface area contributed by atoms with Gasteiger partial charge < -0.3 is 11.1 Å². The van der Waals surface area contributed by atoms with E-state index < -0.39 is 5.91 Å². The quantitative estimate of drug-likeness (QED) is 0.856. The zero-order valence-corrected chi connectivity index (χ0v) is 15.2. The molecule has 1 heterocycles. The van der Waals surface area contributed by atoms with Crippen LogP contribution in [0, 0.1) is 0 Å². The molecule has 7 heteroatoms. The Labute approximate surface area is 154 Å². The van der Waals surface area contributed by atoms with Crippen molar-refractivity contribution in [1.29, 1.82) is 0 Å². The van der Waals surface area contributed by atoms with Gasteiger partial charge in [-0.1, -0.05) is 41.7 Å². The lowest BCUT2D eigenvalue weighted by Gasteiger charge is -2.17. The topological polar surface area (TPSA) is 84.6 Å². The van der Waals surface area contributed by atoms with Gasteiger partial charge in [0.2, 0.25) is 11.8 Å². The van der Waals surface area contributed by atoms with E-state index in [0.717, 1.165) is 15.8 Å². The van der Waals surface area contributed by atoms with Crippen LogP contribution in [0.3, 0.4) is 0 Å². The molecule has 2 aromatic carbocycles. The van der Waals surface area contributed by atoms with E-state index in [-0.39, 0.29) is 11.2 Å². The predicted molar refractivity (Wildman–Crippen MR) is 105 cm³/mol. The van der Waals surface area contributed by atoms with Gasteiger partial charge in [-0.05, 0) is 42.8 Å². The average Bonchev–Trinajstić information content (AvgIpc) is 2.62. The fraction of sp³-hybridized carbons (Fsp3) is 0.167. The number of carbonyl (C=O) groups excluding carboxylic acids is 2. The molecule has 0 aromatic heterocycles. The fourth-order valence-corrected chi connectivity index (χ4v) is 4.43. The number of benzene rings is 2. The van der Waals surface area contributed by atoms with Crippen molar-refractivity contribution in [2.75, 3.05) is 5.32 Å². The molecule has 1 aliphatic heterocycles. The van der Waals surface area contributed by atoms with E-state index in [4.69, 9.17) is 5.73 Å². The van der Waals surface area contributed by atoms with Crippen molar-refractivity contribution in [2.45, 2.75) is 17.9 Å². The Hall–Kier alpha value is -2.25. The van der Waals surface area contributed by atoms with E-state index in [9.17, 15) is 9.59 Å². The van der Waals surface area contributed by atoms with Crippen LogP contribution in [0.1, 0.15) is 22.8 Å². The van der Waals surface area contributed by atoms with E-state index in [0.29, 0.717) is 11.3 Å². The Balaban J connectivity index is 1.61. The van der Waals surface area contributed by atoms with Crippen molar-refractivity contribution >= 4 is 51.1 Å². The lowest BCUT2D eigenvalue weighted by Crippen LogP contribution is -2.23. The number of para-hydroxylation sites is 1. The molecule has 0 saturated heterocycles. The van der Waals surface area contributed by atoms with Gasteiger partial charge in [0.1, 0.15) is 4.38 Å². The third-order valence-electron chi connectivity index (χ3n) is 3.64. The minimum Gasteiger partial charge on any atom is -0.366 e. The number of nitrogens with two attached hydrogens (primary N) is 1. The van der Waals surface area contributed by atoms with Crippen LogP contribution in [0.25, 0.3) is 0 Å². The number of anilines is 1. The zero-order valence-electron chi connectivity index (χ0n) is 13.6. The maximum absolute atomic E-state index is 12.4. The summed E-state index contributed by atoms with van der Waals surface area (Å²) < 4.78 is 0.894. The highest BCUT2D eigenvalue weighted by Crippen LogP contribution is 2.35. The van der Waals surface area contributed by atoms with Crippen molar-refractivity contribution in [3.63, 3.8) is 0 Å². The predicted octanol–water partition coefficient (Wildman–Crippen LogP) is 3.78. The first kappa shape index (κ1) is 17.6. The summed E-state index contributed by atoms with van der Waals surface area (Å²) in [6.45, 7) is 1.85. The summed E-state index contributed by atoms with van der Waals surface area (Å²) >= 11 is 3.09. The summed E-state index contributed by atoms with van der Waals surface area (Å²) in [5.74, 6) is 0.263. The molecule has 5 nitrogen and oxygen atoms in total. The molecule has 2 aromatic rings. The monoisotopic (exact) mass is 371 g/mol. The van der Waals surface area contributed by atoms with Crippen LogP contribution in [0.5, 0.6) is 0 Å². The number of fused-ring (bicyclic) bond motifs is 1. The highest BCUT2D eigenvalue weighted by molar-refractivity contribution is 8.39. The Bertz CT molecular complexity index is 834. The minimum atomic E-state index is -0.491. The summed E-state index contributed by atoms with van der Waals surface area (Å²) in [6, 6.07) is 14.5. The van der Waals surface area contributed by atoms with Crippen LogP contribution in [0.4, 0.5) is 11.4 Å². The molecule has 0 unspecified atom stereocenters. The molecule has 1 aliphatic rings. The van der Waals surface area contributed by atoms with Crippen LogP contribution in [0.15, 0.2) is 53.5 Å². The number of amides is 2. The molecule has 3 rings (SSSR count). The van der Waals surface area contributed by atoms with Gasteiger partial charge in [0.25, 0.3) is 0 Å². The molecule has 0 aliphatic carbocycles. The molecule has 0 radical (unpaired) electrons. The number of hydrogen-bond acceptors (Lipinski definition) is 5. The largest absolute Gasteiger partial charge is 0.366 e. The smallest absolute Gasteiger partial charge is 0.248 e. The van der Waals surface area contributed by atoms with Crippen molar-refractivity contribution in [2.24, 2.45) is 10.7 Å². The van der Waals surface area contributed by atoms with Gasteiger partial charge in [-0.3, -0.25) is 9.59 Å². The molecule has 3 N–H and O–H groups in total. The summed E-state index contributed by atoms with van der Waals surface area (Å²) in [6.07, 6.45) is 0. The van der Waals surface area contributed by atoms with Crippen molar-refractivity contribution in [3.8, 4) is 0 Å². The molecular formula is C18H17N3O2S2. The Morgan fingerprint density at radius 3 is 2.64 bits per heavy atom. The zero-order chi connectivity index (χ0) is 17.8. The fourth-order valence-electron chi connectivity index (χ4n) is 2.24.